The van der Waals surface area contributed by atoms with Crippen molar-refractivity contribution in [3.05, 3.63) is 59.4 Å². The topological polar surface area (TPSA) is 30.9 Å². The van der Waals surface area contributed by atoms with Crippen molar-refractivity contribution < 1.29 is 18.6 Å². The van der Waals surface area contributed by atoms with E-state index in [0.717, 1.165) is 48.7 Å². The molecule has 0 bridgehead atoms. The first-order valence-electron chi connectivity index (χ1n) is 8.47. The summed E-state index contributed by atoms with van der Waals surface area (Å²) in [5, 5.41) is 0. The maximum absolute atomic E-state index is 13.0. The summed E-state index contributed by atoms with van der Waals surface area (Å²) >= 11 is 0. The molecular weight excluding hydrogens is 321 g/mol. The molecule has 0 aliphatic carbocycles. The molecular formula is C20H24FNO3. The first kappa shape index (κ1) is 17.7. The SMILES string of the molecule is COc1ccc(OC)c(CN2CCOC(Cc3ccc(F)cc3)C2)c1. The fourth-order valence-electron chi connectivity index (χ4n) is 3.18. The zero-order valence-electron chi connectivity index (χ0n) is 14.7. The van der Waals surface area contributed by atoms with Crippen molar-refractivity contribution in [3.8, 4) is 11.5 Å². The lowest BCUT2D eigenvalue weighted by Crippen LogP contribution is -2.42. The van der Waals surface area contributed by atoms with Crippen molar-refractivity contribution in [1.82, 2.24) is 4.90 Å². The fraction of sp³-hybridized carbons (Fsp3) is 0.400. The first-order valence-corrected chi connectivity index (χ1v) is 8.47. The van der Waals surface area contributed by atoms with Gasteiger partial charge in [-0.2, -0.15) is 0 Å². The smallest absolute Gasteiger partial charge is 0.123 e. The molecule has 1 saturated heterocycles. The molecule has 0 spiro atoms. The molecule has 1 heterocycles. The Balaban J connectivity index is 1.64. The van der Waals surface area contributed by atoms with E-state index in [9.17, 15) is 4.39 Å². The summed E-state index contributed by atoms with van der Waals surface area (Å²) in [7, 11) is 3.35. The molecule has 1 aliphatic rings. The Morgan fingerprint density at radius 2 is 1.92 bits per heavy atom. The number of rotatable bonds is 6. The molecule has 0 radical (unpaired) electrons. The second-order valence-corrected chi connectivity index (χ2v) is 6.24. The Labute approximate surface area is 148 Å². The van der Waals surface area contributed by atoms with E-state index in [1.807, 2.05) is 30.3 Å². The van der Waals surface area contributed by atoms with E-state index in [2.05, 4.69) is 4.90 Å². The Bertz CT molecular complexity index is 690. The van der Waals surface area contributed by atoms with Gasteiger partial charge in [-0.25, -0.2) is 4.39 Å². The number of hydrogen-bond donors (Lipinski definition) is 0. The highest BCUT2D eigenvalue weighted by Gasteiger charge is 2.22. The Hall–Kier alpha value is -2.11. The maximum Gasteiger partial charge on any atom is 0.123 e. The number of ether oxygens (including phenoxy) is 3. The van der Waals surface area contributed by atoms with Crippen LogP contribution in [0, 0.1) is 5.82 Å². The van der Waals surface area contributed by atoms with Gasteiger partial charge in [0, 0.05) is 25.2 Å². The lowest BCUT2D eigenvalue weighted by atomic mass is 10.1. The minimum atomic E-state index is -0.208. The van der Waals surface area contributed by atoms with Gasteiger partial charge in [0.2, 0.25) is 0 Å². The van der Waals surface area contributed by atoms with E-state index in [-0.39, 0.29) is 11.9 Å². The van der Waals surface area contributed by atoms with E-state index in [1.165, 1.54) is 12.1 Å². The average Bonchev–Trinajstić information content (AvgIpc) is 2.64. The summed E-state index contributed by atoms with van der Waals surface area (Å²) in [4.78, 5) is 2.36. The third-order valence-corrected chi connectivity index (χ3v) is 4.48. The number of benzene rings is 2. The lowest BCUT2D eigenvalue weighted by Gasteiger charge is -2.33. The largest absolute Gasteiger partial charge is 0.497 e. The second-order valence-electron chi connectivity index (χ2n) is 6.24. The van der Waals surface area contributed by atoms with Crippen LogP contribution in [0.1, 0.15) is 11.1 Å². The van der Waals surface area contributed by atoms with Crippen LogP contribution in [-0.4, -0.2) is 44.9 Å². The minimum Gasteiger partial charge on any atom is -0.497 e. The molecule has 0 amide bonds. The van der Waals surface area contributed by atoms with Crippen LogP contribution in [-0.2, 0) is 17.7 Å². The van der Waals surface area contributed by atoms with Crippen molar-refractivity contribution in [2.24, 2.45) is 0 Å². The molecule has 5 heteroatoms. The Kier molecular flexibility index (Phi) is 5.89. The average molecular weight is 345 g/mol. The van der Waals surface area contributed by atoms with E-state index < -0.39 is 0 Å². The first-order chi connectivity index (χ1) is 12.2. The summed E-state index contributed by atoms with van der Waals surface area (Å²) in [5.74, 6) is 1.48. The predicted octanol–water partition coefficient (Wildman–Crippen LogP) is 3.29. The molecule has 0 saturated carbocycles. The summed E-state index contributed by atoms with van der Waals surface area (Å²) in [6.45, 7) is 3.18. The minimum absolute atomic E-state index is 0.107. The van der Waals surface area contributed by atoms with Crippen molar-refractivity contribution in [1.29, 1.82) is 0 Å². The van der Waals surface area contributed by atoms with Crippen LogP contribution >= 0.6 is 0 Å². The number of morpholine rings is 1. The Morgan fingerprint density at radius 1 is 1.12 bits per heavy atom. The lowest BCUT2D eigenvalue weighted by molar-refractivity contribution is -0.0306. The number of hydrogen-bond acceptors (Lipinski definition) is 4. The van der Waals surface area contributed by atoms with Gasteiger partial charge in [0.15, 0.2) is 0 Å². The van der Waals surface area contributed by atoms with Crippen LogP contribution < -0.4 is 9.47 Å². The molecule has 0 N–H and O–H groups in total. The van der Waals surface area contributed by atoms with Gasteiger partial charge < -0.3 is 14.2 Å². The van der Waals surface area contributed by atoms with E-state index in [4.69, 9.17) is 14.2 Å². The van der Waals surface area contributed by atoms with Gasteiger partial charge >= 0.3 is 0 Å². The van der Waals surface area contributed by atoms with Gasteiger partial charge in [0.25, 0.3) is 0 Å². The van der Waals surface area contributed by atoms with Crippen molar-refractivity contribution in [3.63, 3.8) is 0 Å². The summed E-state index contributed by atoms with van der Waals surface area (Å²) in [6.07, 6.45) is 0.891. The predicted molar refractivity (Wildman–Crippen MR) is 94.7 cm³/mol. The van der Waals surface area contributed by atoms with Crippen LogP contribution in [0.25, 0.3) is 0 Å². The molecule has 1 fully saturated rings. The van der Waals surface area contributed by atoms with Gasteiger partial charge in [-0.3, -0.25) is 4.90 Å². The van der Waals surface area contributed by atoms with Gasteiger partial charge in [0.05, 0.1) is 26.9 Å². The van der Waals surface area contributed by atoms with Crippen LogP contribution in [0.4, 0.5) is 4.39 Å². The highest BCUT2D eigenvalue weighted by molar-refractivity contribution is 5.40. The van der Waals surface area contributed by atoms with Crippen LogP contribution in [0.5, 0.6) is 11.5 Å². The van der Waals surface area contributed by atoms with Gasteiger partial charge in [0.1, 0.15) is 17.3 Å². The molecule has 1 unspecified atom stereocenters. The summed E-state index contributed by atoms with van der Waals surface area (Å²) in [6, 6.07) is 12.5. The molecule has 3 rings (SSSR count). The number of methoxy groups -OCH3 is 2. The van der Waals surface area contributed by atoms with Crippen molar-refractivity contribution in [2.45, 2.75) is 19.1 Å². The molecule has 4 nitrogen and oxygen atoms in total. The number of halogens is 1. The van der Waals surface area contributed by atoms with E-state index in [1.54, 1.807) is 14.2 Å². The van der Waals surface area contributed by atoms with Crippen LogP contribution in [0.3, 0.4) is 0 Å². The molecule has 134 valence electrons. The summed E-state index contributed by atoms with van der Waals surface area (Å²) in [5.41, 5.74) is 2.19. The molecule has 1 aliphatic heterocycles. The fourth-order valence-corrected chi connectivity index (χ4v) is 3.18. The van der Waals surface area contributed by atoms with Crippen molar-refractivity contribution in [2.75, 3.05) is 33.9 Å². The van der Waals surface area contributed by atoms with Crippen LogP contribution in [0.2, 0.25) is 0 Å². The zero-order chi connectivity index (χ0) is 17.6. The van der Waals surface area contributed by atoms with Crippen molar-refractivity contribution >= 4 is 0 Å². The second kappa shape index (κ2) is 8.32. The van der Waals surface area contributed by atoms with E-state index >= 15 is 0 Å². The van der Waals surface area contributed by atoms with Gasteiger partial charge in [-0.15, -0.1) is 0 Å². The molecule has 0 aromatic heterocycles. The molecule has 2 aromatic rings. The molecule has 1 atom stereocenters. The monoisotopic (exact) mass is 345 g/mol. The quantitative estimate of drug-likeness (QED) is 0.804. The third kappa shape index (κ3) is 4.71. The maximum atomic E-state index is 13.0. The van der Waals surface area contributed by atoms with Gasteiger partial charge in [-0.05, 0) is 42.3 Å². The normalized spacial score (nSPS) is 18.1. The molecule has 25 heavy (non-hydrogen) atoms. The van der Waals surface area contributed by atoms with Crippen LogP contribution in [0.15, 0.2) is 42.5 Å². The molecule has 2 aromatic carbocycles. The number of nitrogens with zero attached hydrogens (tertiary/aromatic N) is 1. The highest BCUT2D eigenvalue weighted by Crippen LogP contribution is 2.26. The third-order valence-electron chi connectivity index (χ3n) is 4.48. The van der Waals surface area contributed by atoms with Gasteiger partial charge in [-0.1, -0.05) is 12.1 Å². The Morgan fingerprint density at radius 3 is 2.64 bits per heavy atom. The highest BCUT2D eigenvalue weighted by atomic mass is 19.1. The van der Waals surface area contributed by atoms with E-state index in [0.29, 0.717) is 6.61 Å². The zero-order valence-corrected chi connectivity index (χ0v) is 14.7. The summed E-state index contributed by atoms with van der Waals surface area (Å²) < 4.78 is 29.7. The standard InChI is InChI=1S/C20H24FNO3/c1-23-18-7-8-20(24-2)16(12-18)13-22-9-10-25-19(14-22)11-15-3-5-17(21)6-4-15/h3-8,12,19H,9-11,13-14H2,1-2H3.